The van der Waals surface area contributed by atoms with Gasteiger partial charge in [-0.25, -0.2) is 9.50 Å². The van der Waals surface area contributed by atoms with Gasteiger partial charge in [0, 0.05) is 11.8 Å². The number of rotatable bonds is 1. The van der Waals surface area contributed by atoms with E-state index in [1.54, 1.807) is 10.7 Å². The molecule has 0 aliphatic carbocycles. The summed E-state index contributed by atoms with van der Waals surface area (Å²) in [7, 11) is 0. The van der Waals surface area contributed by atoms with Crippen LogP contribution in [0.5, 0.6) is 0 Å². The second kappa shape index (κ2) is 2.65. The number of hydrogen-bond donors (Lipinski definition) is 0. The number of nitrogens with zero attached hydrogens (tertiary/aromatic N) is 3. The third kappa shape index (κ3) is 1.20. The van der Waals surface area contributed by atoms with Crippen molar-refractivity contribution in [2.75, 3.05) is 0 Å². The van der Waals surface area contributed by atoms with Crippen LogP contribution in [0.25, 0.3) is 5.65 Å². The maximum atomic E-state index is 10.6. The molecule has 0 aromatic carbocycles. The van der Waals surface area contributed by atoms with E-state index in [9.17, 15) is 4.79 Å². The van der Waals surface area contributed by atoms with Gasteiger partial charge in [-0.05, 0) is 25.5 Å². The Labute approximate surface area is 75.2 Å². The summed E-state index contributed by atoms with van der Waals surface area (Å²) in [6.45, 7) is 3.71. The first-order chi connectivity index (χ1) is 6.20. The van der Waals surface area contributed by atoms with Crippen molar-refractivity contribution >= 4 is 11.9 Å². The molecule has 0 aliphatic rings. The summed E-state index contributed by atoms with van der Waals surface area (Å²) in [5.41, 5.74) is 2.35. The lowest BCUT2D eigenvalue weighted by Gasteiger charge is -1.97. The molecule has 2 heterocycles. The van der Waals surface area contributed by atoms with Crippen molar-refractivity contribution in [2.45, 2.75) is 13.8 Å². The van der Waals surface area contributed by atoms with Crippen LogP contribution < -0.4 is 0 Å². The second-order valence-electron chi connectivity index (χ2n) is 2.99. The highest BCUT2D eigenvalue weighted by molar-refractivity contribution is 5.77. The molecule has 0 N–H and O–H groups in total. The highest BCUT2D eigenvalue weighted by atomic mass is 16.1. The first-order valence-corrected chi connectivity index (χ1v) is 3.99. The van der Waals surface area contributed by atoms with E-state index in [1.165, 1.54) is 0 Å². The van der Waals surface area contributed by atoms with E-state index in [0.717, 1.165) is 17.5 Å². The third-order valence-corrected chi connectivity index (χ3v) is 1.95. The van der Waals surface area contributed by atoms with Crippen LogP contribution in [0.2, 0.25) is 0 Å². The Morgan fingerprint density at radius 3 is 2.92 bits per heavy atom. The van der Waals surface area contributed by atoms with Crippen LogP contribution in [0.4, 0.5) is 0 Å². The van der Waals surface area contributed by atoms with Gasteiger partial charge in [-0.3, -0.25) is 4.79 Å². The van der Waals surface area contributed by atoms with Crippen LogP contribution in [0.1, 0.15) is 21.7 Å². The Bertz CT molecular complexity index is 473. The van der Waals surface area contributed by atoms with Gasteiger partial charge < -0.3 is 0 Å². The van der Waals surface area contributed by atoms with Gasteiger partial charge in [0.1, 0.15) is 5.82 Å². The minimum atomic E-state index is 0.650. The molecular weight excluding hydrogens is 166 g/mol. The Balaban J connectivity index is 2.79. The topological polar surface area (TPSA) is 47.3 Å². The van der Waals surface area contributed by atoms with E-state index in [4.69, 9.17) is 0 Å². The molecule has 0 amide bonds. The molecule has 0 aliphatic heterocycles. The Hall–Kier alpha value is -1.71. The first-order valence-electron chi connectivity index (χ1n) is 3.99. The molecule has 0 saturated heterocycles. The molecule has 0 atom stereocenters. The van der Waals surface area contributed by atoms with Crippen LogP contribution >= 0.6 is 0 Å². The SMILES string of the molecule is Cc1nc2cc(C)c(C=O)cn2n1. The molecule has 0 bridgehead atoms. The molecule has 0 spiro atoms. The summed E-state index contributed by atoms with van der Waals surface area (Å²) in [4.78, 5) is 14.8. The number of hydrogen-bond acceptors (Lipinski definition) is 3. The van der Waals surface area contributed by atoms with Crippen molar-refractivity contribution in [3.05, 3.63) is 29.2 Å². The molecule has 0 unspecified atom stereocenters. The Morgan fingerprint density at radius 2 is 2.23 bits per heavy atom. The molecule has 2 aromatic rings. The Kier molecular flexibility index (Phi) is 1.62. The lowest BCUT2D eigenvalue weighted by molar-refractivity contribution is 0.112. The number of aryl methyl sites for hydroxylation is 2. The molecule has 0 radical (unpaired) electrons. The van der Waals surface area contributed by atoms with Gasteiger partial charge in [-0.1, -0.05) is 0 Å². The standard InChI is InChI=1S/C9H9N3O/c1-6-3-9-10-7(2)11-12(9)4-8(6)5-13/h3-5H,1-2H3. The molecule has 4 nitrogen and oxygen atoms in total. The molecule has 0 fully saturated rings. The zero-order valence-electron chi connectivity index (χ0n) is 7.48. The van der Waals surface area contributed by atoms with Crippen LogP contribution in [-0.2, 0) is 0 Å². The predicted molar refractivity (Wildman–Crippen MR) is 47.8 cm³/mol. The number of aromatic nitrogens is 3. The molecule has 13 heavy (non-hydrogen) atoms. The fraction of sp³-hybridized carbons (Fsp3) is 0.222. The van der Waals surface area contributed by atoms with Gasteiger partial charge in [0.2, 0.25) is 0 Å². The monoisotopic (exact) mass is 175 g/mol. The van der Waals surface area contributed by atoms with Gasteiger partial charge in [0.05, 0.1) is 0 Å². The number of carbonyl (C=O) groups is 1. The van der Waals surface area contributed by atoms with Crippen LogP contribution in [-0.4, -0.2) is 20.9 Å². The van der Waals surface area contributed by atoms with Gasteiger partial charge >= 0.3 is 0 Å². The molecule has 2 rings (SSSR count). The van der Waals surface area contributed by atoms with Crippen molar-refractivity contribution in [1.82, 2.24) is 14.6 Å². The average molecular weight is 175 g/mol. The largest absolute Gasteiger partial charge is 0.298 e. The summed E-state index contributed by atoms with van der Waals surface area (Å²) >= 11 is 0. The lowest BCUT2D eigenvalue weighted by atomic mass is 10.2. The molecule has 2 aromatic heterocycles. The number of fused-ring (bicyclic) bond motifs is 1. The van der Waals surface area contributed by atoms with E-state index in [1.807, 2.05) is 19.9 Å². The van der Waals surface area contributed by atoms with Gasteiger partial charge in [0.25, 0.3) is 0 Å². The summed E-state index contributed by atoms with van der Waals surface area (Å²) in [5.74, 6) is 0.711. The Morgan fingerprint density at radius 1 is 1.46 bits per heavy atom. The summed E-state index contributed by atoms with van der Waals surface area (Å²) < 4.78 is 1.62. The number of carbonyl (C=O) groups excluding carboxylic acids is 1. The maximum Gasteiger partial charge on any atom is 0.155 e. The summed E-state index contributed by atoms with van der Waals surface area (Å²) in [6.07, 6.45) is 2.52. The minimum absolute atomic E-state index is 0.650. The van der Waals surface area contributed by atoms with E-state index < -0.39 is 0 Å². The maximum absolute atomic E-state index is 10.6. The van der Waals surface area contributed by atoms with Crippen molar-refractivity contribution in [3.63, 3.8) is 0 Å². The number of aldehydes is 1. The van der Waals surface area contributed by atoms with Crippen molar-refractivity contribution in [1.29, 1.82) is 0 Å². The van der Waals surface area contributed by atoms with Crippen LogP contribution in [0.15, 0.2) is 12.3 Å². The van der Waals surface area contributed by atoms with E-state index in [2.05, 4.69) is 10.1 Å². The fourth-order valence-electron chi connectivity index (χ4n) is 1.27. The first kappa shape index (κ1) is 7.91. The molecule has 4 heteroatoms. The third-order valence-electron chi connectivity index (χ3n) is 1.95. The molecular formula is C9H9N3O. The van der Waals surface area contributed by atoms with Crippen LogP contribution in [0.3, 0.4) is 0 Å². The van der Waals surface area contributed by atoms with Crippen molar-refractivity contribution < 1.29 is 4.79 Å². The van der Waals surface area contributed by atoms with Crippen LogP contribution in [0, 0.1) is 13.8 Å². The highest BCUT2D eigenvalue weighted by Gasteiger charge is 2.03. The van der Waals surface area contributed by atoms with E-state index >= 15 is 0 Å². The van der Waals surface area contributed by atoms with E-state index in [0.29, 0.717) is 11.4 Å². The van der Waals surface area contributed by atoms with E-state index in [-0.39, 0.29) is 0 Å². The quantitative estimate of drug-likeness (QED) is 0.611. The normalized spacial score (nSPS) is 10.6. The highest BCUT2D eigenvalue weighted by Crippen LogP contribution is 2.08. The zero-order chi connectivity index (χ0) is 9.42. The number of pyridine rings is 1. The van der Waals surface area contributed by atoms with Gasteiger partial charge in [-0.2, -0.15) is 5.10 Å². The second-order valence-corrected chi connectivity index (χ2v) is 2.99. The van der Waals surface area contributed by atoms with Gasteiger partial charge in [-0.15, -0.1) is 0 Å². The summed E-state index contributed by atoms with van der Waals surface area (Å²) in [6, 6.07) is 1.85. The van der Waals surface area contributed by atoms with Gasteiger partial charge in [0.15, 0.2) is 11.9 Å². The lowest BCUT2D eigenvalue weighted by Crippen LogP contribution is -1.94. The minimum Gasteiger partial charge on any atom is -0.298 e. The van der Waals surface area contributed by atoms with Crippen molar-refractivity contribution in [2.24, 2.45) is 0 Å². The fourth-order valence-corrected chi connectivity index (χ4v) is 1.27. The smallest absolute Gasteiger partial charge is 0.155 e. The molecule has 66 valence electrons. The zero-order valence-corrected chi connectivity index (χ0v) is 7.48. The summed E-state index contributed by atoms with van der Waals surface area (Å²) in [5, 5.41) is 4.11. The predicted octanol–water partition coefficient (Wildman–Crippen LogP) is 1.16. The average Bonchev–Trinajstić information content (AvgIpc) is 2.42. The van der Waals surface area contributed by atoms with Crippen molar-refractivity contribution in [3.8, 4) is 0 Å². The molecule has 0 saturated carbocycles.